The van der Waals surface area contributed by atoms with Gasteiger partial charge in [-0.25, -0.2) is 18.4 Å². The lowest BCUT2D eigenvalue weighted by Crippen LogP contribution is -2.11. The van der Waals surface area contributed by atoms with Crippen molar-refractivity contribution < 1.29 is 13.7 Å². The largest absolute Gasteiger partial charge is 0.361 e. The van der Waals surface area contributed by atoms with Crippen LogP contribution in [0.4, 0.5) is 20.2 Å². The highest BCUT2D eigenvalue weighted by Crippen LogP contribution is 2.26. The van der Waals surface area contributed by atoms with Gasteiger partial charge in [0.2, 0.25) is 4.80 Å². The van der Waals surface area contributed by atoms with Gasteiger partial charge in [-0.2, -0.15) is 5.10 Å². The standard InChI is InChI=1S/C24H14BrF2N5O2S/c25-16-4-6-21-19(9-16)15(11-28-21)12-29-31-23(14-2-1-3-18(8-14)32(33)34)13-35-24(31)30-22-7-5-17(26)10-20(22)27/h1-13,28H. The van der Waals surface area contributed by atoms with E-state index in [9.17, 15) is 18.9 Å². The summed E-state index contributed by atoms with van der Waals surface area (Å²) in [4.78, 5) is 18.6. The molecule has 35 heavy (non-hydrogen) atoms. The Bertz CT molecular complexity index is 1690. The summed E-state index contributed by atoms with van der Waals surface area (Å²) >= 11 is 4.64. The second kappa shape index (κ2) is 9.35. The first-order valence-electron chi connectivity index (χ1n) is 10.2. The molecule has 5 rings (SSSR count). The molecule has 0 saturated carbocycles. The second-order valence-electron chi connectivity index (χ2n) is 7.41. The quantitative estimate of drug-likeness (QED) is 0.148. The van der Waals surface area contributed by atoms with Gasteiger partial charge in [0.1, 0.15) is 11.5 Å². The molecule has 5 aromatic rings. The highest BCUT2D eigenvalue weighted by atomic mass is 79.9. The van der Waals surface area contributed by atoms with Gasteiger partial charge in [0.05, 0.1) is 16.8 Å². The van der Waals surface area contributed by atoms with E-state index < -0.39 is 16.6 Å². The SMILES string of the molecule is O=[N+]([O-])c1cccc(-c2csc(=Nc3ccc(F)cc3F)n2N=Cc2c[nH]c3ccc(Br)cc23)c1. The average Bonchev–Trinajstić information content (AvgIpc) is 3.43. The Kier molecular flexibility index (Phi) is 6.10. The smallest absolute Gasteiger partial charge is 0.270 e. The van der Waals surface area contributed by atoms with Gasteiger partial charge in [-0.15, -0.1) is 11.3 Å². The number of nitro benzene ring substituents is 1. The van der Waals surface area contributed by atoms with Crippen LogP contribution >= 0.6 is 27.3 Å². The van der Waals surface area contributed by atoms with Crippen LogP contribution < -0.4 is 4.80 Å². The Morgan fingerprint density at radius 3 is 2.77 bits per heavy atom. The van der Waals surface area contributed by atoms with Crippen LogP contribution in [0, 0.1) is 21.7 Å². The van der Waals surface area contributed by atoms with Gasteiger partial charge in [-0.1, -0.05) is 28.1 Å². The Morgan fingerprint density at radius 2 is 1.97 bits per heavy atom. The molecule has 2 heterocycles. The number of fused-ring (bicyclic) bond motifs is 1. The summed E-state index contributed by atoms with van der Waals surface area (Å²) in [6, 6.07) is 15.0. The highest BCUT2D eigenvalue weighted by molar-refractivity contribution is 9.10. The fourth-order valence-electron chi connectivity index (χ4n) is 3.48. The average molecular weight is 554 g/mol. The molecule has 0 bridgehead atoms. The lowest BCUT2D eigenvalue weighted by Gasteiger charge is -2.04. The van der Waals surface area contributed by atoms with Crippen molar-refractivity contribution in [2.24, 2.45) is 10.1 Å². The zero-order valence-electron chi connectivity index (χ0n) is 17.7. The van der Waals surface area contributed by atoms with Crippen LogP contribution in [0.2, 0.25) is 0 Å². The Hall–Kier alpha value is -3.96. The highest BCUT2D eigenvalue weighted by Gasteiger charge is 2.13. The minimum absolute atomic E-state index is 0.0567. The van der Waals surface area contributed by atoms with E-state index in [2.05, 4.69) is 31.0 Å². The van der Waals surface area contributed by atoms with Crippen LogP contribution in [0.5, 0.6) is 0 Å². The number of aromatic amines is 1. The predicted molar refractivity (Wildman–Crippen MR) is 135 cm³/mol. The molecule has 0 fully saturated rings. The fourth-order valence-corrected chi connectivity index (χ4v) is 4.69. The molecule has 0 saturated heterocycles. The molecule has 0 radical (unpaired) electrons. The number of aromatic nitrogens is 2. The maximum atomic E-state index is 14.3. The lowest BCUT2D eigenvalue weighted by atomic mass is 10.1. The monoisotopic (exact) mass is 553 g/mol. The number of nitro groups is 1. The molecule has 174 valence electrons. The van der Waals surface area contributed by atoms with Crippen molar-refractivity contribution in [2.75, 3.05) is 0 Å². The number of hydrogen-bond acceptors (Lipinski definition) is 5. The van der Waals surface area contributed by atoms with Gasteiger partial charge >= 0.3 is 0 Å². The van der Waals surface area contributed by atoms with Crippen LogP contribution in [0.25, 0.3) is 22.2 Å². The summed E-state index contributed by atoms with van der Waals surface area (Å²) in [6.07, 6.45) is 3.43. The molecule has 7 nitrogen and oxygen atoms in total. The van der Waals surface area contributed by atoms with Gasteiger partial charge < -0.3 is 4.98 Å². The van der Waals surface area contributed by atoms with Gasteiger partial charge in [0.25, 0.3) is 5.69 Å². The Labute approximate surface area is 209 Å². The van der Waals surface area contributed by atoms with E-state index in [0.29, 0.717) is 16.1 Å². The molecular weight excluding hydrogens is 540 g/mol. The minimum atomic E-state index is -0.813. The summed E-state index contributed by atoms with van der Waals surface area (Å²) < 4.78 is 30.0. The molecule has 0 aliphatic carbocycles. The molecule has 0 atom stereocenters. The first kappa shape index (κ1) is 22.8. The zero-order valence-corrected chi connectivity index (χ0v) is 20.1. The van der Waals surface area contributed by atoms with E-state index >= 15 is 0 Å². The number of rotatable bonds is 5. The van der Waals surface area contributed by atoms with Crippen molar-refractivity contribution in [1.29, 1.82) is 0 Å². The number of thiazole rings is 1. The van der Waals surface area contributed by atoms with Crippen molar-refractivity contribution in [1.82, 2.24) is 9.66 Å². The number of non-ortho nitro benzene ring substituents is 1. The molecule has 0 unspecified atom stereocenters. The Balaban J connectivity index is 1.68. The molecule has 0 spiro atoms. The topological polar surface area (TPSA) is 88.6 Å². The lowest BCUT2D eigenvalue weighted by molar-refractivity contribution is -0.384. The molecule has 11 heteroatoms. The third-order valence-corrected chi connectivity index (χ3v) is 6.46. The van der Waals surface area contributed by atoms with E-state index in [1.54, 1.807) is 29.9 Å². The zero-order chi connectivity index (χ0) is 24.5. The van der Waals surface area contributed by atoms with E-state index in [-0.39, 0.29) is 11.4 Å². The van der Waals surface area contributed by atoms with Crippen molar-refractivity contribution in [3.05, 3.63) is 109 Å². The number of nitrogens with zero attached hydrogens (tertiary/aromatic N) is 4. The van der Waals surface area contributed by atoms with Crippen LogP contribution in [-0.2, 0) is 0 Å². The molecule has 1 N–H and O–H groups in total. The van der Waals surface area contributed by atoms with E-state index in [1.165, 1.54) is 34.2 Å². The van der Waals surface area contributed by atoms with Crippen LogP contribution in [-0.4, -0.2) is 20.8 Å². The van der Waals surface area contributed by atoms with Crippen LogP contribution in [0.15, 0.2) is 86.8 Å². The summed E-state index contributed by atoms with van der Waals surface area (Å²) in [5.41, 5.74) is 2.64. The molecule has 2 aromatic heterocycles. The van der Waals surface area contributed by atoms with Crippen LogP contribution in [0.1, 0.15) is 5.56 Å². The first-order valence-corrected chi connectivity index (χ1v) is 11.8. The summed E-state index contributed by atoms with van der Waals surface area (Å²) in [5.74, 6) is -1.52. The number of hydrogen-bond donors (Lipinski definition) is 1. The number of nitrogens with one attached hydrogen (secondary N) is 1. The minimum Gasteiger partial charge on any atom is -0.361 e. The van der Waals surface area contributed by atoms with E-state index in [1.807, 2.05) is 18.2 Å². The Morgan fingerprint density at radius 1 is 1.11 bits per heavy atom. The second-order valence-corrected chi connectivity index (χ2v) is 9.16. The summed E-state index contributed by atoms with van der Waals surface area (Å²) in [5, 5.41) is 18.5. The van der Waals surface area contributed by atoms with Crippen molar-refractivity contribution in [3.63, 3.8) is 0 Å². The van der Waals surface area contributed by atoms with Gasteiger partial charge in [0, 0.05) is 56.3 Å². The van der Waals surface area contributed by atoms with Crippen molar-refractivity contribution in [2.45, 2.75) is 0 Å². The van der Waals surface area contributed by atoms with Crippen molar-refractivity contribution >= 4 is 55.8 Å². The maximum absolute atomic E-state index is 14.3. The maximum Gasteiger partial charge on any atom is 0.270 e. The third kappa shape index (κ3) is 4.68. The van der Waals surface area contributed by atoms with Gasteiger partial charge in [-0.05, 0) is 30.3 Å². The normalized spacial score (nSPS) is 12.1. The fraction of sp³-hybridized carbons (Fsp3) is 0. The molecule has 3 aromatic carbocycles. The molecule has 0 amide bonds. The van der Waals surface area contributed by atoms with Gasteiger partial charge in [0.15, 0.2) is 5.82 Å². The van der Waals surface area contributed by atoms with Crippen molar-refractivity contribution in [3.8, 4) is 11.3 Å². The predicted octanol–water partition coefficient (Wildman–Crippen LogP) is 6.76. The van der Waals surface area contributed by atoms with E-state index in [4.69, 9.17) is 0 Å². The summed E-state index contributed by atoms with van der Waals surface area (Å²) in [6.45, 7) is 0. The van der Waals surface area contributed by atoms with Crippen LogP contribution in [0.3, 0.4) is 0 Å². The summed E-state index contributed by atoms with van der Waals surface area (Å²) in [7, 11) is 0. The van der Waals surface area contributed by atoms with Gasteiger partial charge in [-0.3, -0.25) is 10.1 Å². The molecular formula is C24H14BrF2N5O2S. The first-order chi connectivity index (χ1) is 16.9. The molecule has 0 aliphatic heterocycles. The number of halogens is 3. The number of benzene rings is 3. The number of H-pyrrole nitrogens is 1. The van der Waals surface area contributed by atoms with E-state index in [0.717, 1.165) is 33.1 Å². The molecule has 0 aliphatic rings. The third-order valence-electron chi connectivity index (χ3n) is 5.15.